The van der Waals surface area contributed by atoms with E-state index < -0.39 is 12.0 Å². The third kappa shape index (κ3) is 5.70. The number of likely N-dealkylation sites (N-methyl/N-ethyl adjacent to an activating group) is 2. The number of amides is 1. The molecule has 0 rings (SSSR count). The van der Waals surface area contributed by atoms with Crippen molar-refractivity contribution in [2.75, 3.05) is 20.1 Å². The highest BCUT2D eigenvalue weighted by atomic mass is 16.4. The second kappa shape index (κ2) is 8.10. The first-order chi connectivity index (χ1) is 7.52. The molecule has 0 bridgehead atoms. The maximum atomic E-state index is 11.3. The van der Waals surface area contributed by atoms with Gasteiger partial charge < -0.3 is 10.4 Å². The molecule has 0 saturated carbocycles. The van der Waals surface area contributed by atoms with Gasteiger partial charge in [0.15, 0.2) is 0 Å². The van der Waals surface area contributed by atoms with E-state index in [2.05, 4.69) is 5.32 Å². The predicted octanol–water partition coefficient (Wildman–Crippen LogP) is 0.698. The van der Waals surface area contributed by atoms with Gasteiger partial charge >= 0.3 is 5.97 Å². The fourth-order valence-electron chi connectivity index (χ4n) is 1.52. The number of aliphatic carboxylic acids is 1. The summed E-state index contributed by atoms with van der Waals surface area (Å²) >= 11 is 0. The largest absolute Gasteiger partial charge is 0.480 e. The van der Waals surface area contributed by atoms with Crippen LogP contribution in [0.5, 0.6) is 0 Å². The maximum Gasteiger partial charge on any atom is 0.320 e. The molecule has 5 heteroatoms. The van der Waals surface area contributed by atoms with Crippen molar-refractivity contribution in [1.82, 2.24) is 10.2 Å². The summed E-state index contributed by atoms with van der Waals surface area (Å²) < 4.78 is 0. The minimum Gasteiger partial charge on any atom is -0.480 e. The van der Waals surface area contributed by atoms with Crippen molar-refractivity contribution in [1.29, 1.82) is 0 Å². The summed E-state index contributed by atoms with van der Waals surface area (Å²) in [4.78, 5) is 23.9. The quantitative estimate of drug-likeness (QED) is 0.644. The number of rotatable bonds is 8. The van der Waals surface area contributed by atoms with Gasteiger partial charge in [-0.2, -0.15) is 0 Å². The van der Waals surface area contributed by atoms with Crippen molar-refractivity contribution in [3.63, 3.8) is 0 Å². The summed E-state index contributed by atoms with van der Waals surface area (Å²) in [5, 5.41) is 11.7. The third-order valence-corrected chi connectivity index (χ3v) is 2.42. The van der Waals surface area contributed by atoms with E-state index in [9.17, 15) is 9.59 Å². The summed E-state index contributed by atoms with van der Waals surface area (Å²) in [6.45, 7) is 4.56. The molecule has 1 amide bonds. The molecule has 0 saturated heterocycles. The molecule has 0 spiro atoms. The Hall–Kier alpha value is -1.10. The number of nitrogens with zero attached hydrogens (tertiary/aromatic N) is 1. The molecule has 0 fully saturated rings. The standard InChI is InChI=1S/C11H22N2O3/c1-4-6-7-9(11(15)16)13(3)8-10(14)12-5-2/h9H,4-8H2,1-3H3,(H,12,14)(H,15,16). The van der Waals surface area contributed by atoms with Gasteiger partial charge in [0.2, 0.25) is 5.91 Å². The Balaban J connectivity index is 4.20. The number of carbonyl (C=O) groups is 2. The smallest absolute Gasteiger partial charge is 0.320 e. The molecular weight excluding hydrogens is 208 g/mol. The third-order valence-electron chi connectivity index (χ3n) is 2.42. The number of unbranched alkanes of at least 4 members (excludes halogenated alkanes) is 1. The van der Waals surface area contributed by atoms with Crippen LogP contribution >= 0.6 is 0 Å². The van der Waals surface area contributed by atoms with Crippen molar-refractivity contribution < 1.29 is 14.7 Å². The minimum atomic E-state index is -0.861. The first kappa shape index (κ1) is 14.9. The molecule has 0 radical (unpaired) electrons. The second-order valence-electron chi connectivity index (χ2n) is 3.86. The number of nitrogens with one attached hydrogen (secondary N) is 1. The molecule has 0 aliphatic rings. The van der Waals surface area contributed by atoms with Crippen molar-refractivity contribution in [3.05, 3.63) is 0 Å². The highest BCUT2D eigenvalue weighted by molar-refractivity contribution is 5.79. The van der Waals surface area contributed by atoms with Crippen LogP contribution < -0.4 is 5.32 Å². The van der Waals surface area contributed by atoms with E-state index in [1.165, 1.54) is 0 Å². The van der Waals surface area contributed by atoms with Gasteiger partial charge in [0.25, 0.3) is 0 Å². The summed E-state index contributed by atoms with van der Waals surface area (Å²) in [7, 11) is 1.67. The number of hydrogen-bond donors (Lipinski definition) is 2. The predicted molar refractivity (Wildman–Crippen MR) is 62.3 cm³/mol. The zero-order valence-electron chi connectivity index (χ0n) is 10.3. The maximum absolute atomic E-state index is 11.3. The van der Waals surface area contributed by atoms with Crippen LogP contribution in [0.3, 0.4) is 0 Å². The normalized spacial score (nSPS) is 12.5. The highest BCUT2D eigenvalue weighted by Crippen LogP contribution is 2.07. The topological polar surface area (TPSA) is 69.6 Å². The van der Waals surface area contributed by atoms with Gasteiger partial charge in [-0.05, 0) is 20.4 Å². The lowest BCUT2D eigenvalue weighted by Gasteiger charge is -2.23. The Kier molecular flexibility index (Phi) is 7.54. The minimum absolute atomic E-state index is 0.132. The van der Waals surface area contributed by atoms with Crippen LogP contribution in [0.1, 0.15) is 33.1 Å². The number of hydrogen-bond acceptors (Lipinski definition) is 3. The number of carboxylic acids is 1. The van der Waals surface area contributed by atoms with E-state index in [-0.39, 0.29) is 12.5 Å². The van der Waals surface area contributed by atoms with E-state index in [1.54, 1.807) is 11.9 Å². The summed E-state index contributed by atoms with van der Waals surface area (Å²) in [5.41, 5.74) is 0. The van der Waals surface area contributed by atoms with Gasteiger partial charge in [-0.15, -0.1) is 0 Å². The van der Waals surface area contributed by atoms with Gasteiger partial charge in [0, 0.05) is 6.54 Å². The van der Waals surface area contributed by atoms with Gasteiger partial charge in [-0.3, -0.25) is 14.5 Å². The lowest BCUT2D eigenvalue weighted by Crippen LogP contribution is -2.44. The van der Waals surface area contributed by atoms with Gasteiger partial charge in [-0.1, -0.05) is 19.8 Å². The average molecular weight is 230 g/mol. The molecule has 1 atom stereocenters. The molecule has 2 N–H and O–H groups in total. The molecule has 94 valence electrons. The van der Waals surface area contributed by atoms with Gasteiger partial charge in [0.05, 0.1) is 6.54 Å². The SMILES string of the molecule is CCCCC(C(=O)O)N(C)CC(=O)NCC. The Bertz CT molecular complexity index is 229. The Morgan fingerprint density at radius 3 is 2.44 bits per heavy atom. The zero-order valence-corrected chi connectivity index (χ0v) is 10.3. The lowest BCUT2D eigenvalue weighted by molar-refractivity contribution is -0.143. The van der Waals surface area contributed by atoms with Crippen molar-refractivity contribution in [2.45, 2.75) is 39.2 Å². The van der Waals surface area contributed by atoms with E-state index >= 15 is 0 Å². The van der Waals surface area contributed by atoms with Crippen molar-refractivity contribution >= 4 is 11.9 Å². The fourth-order valence-corrected chi connectivity index (χ4v) is 1.52. The molecule has 0 aromatic rings. The number of carbonyl (C=O) groups excluding carboxylic acids is 1. The number of carboxylic acid groups (broad SMARTS) is 1. The molecule has 0 heterocycles. The van der Waals surface area contributed by atoms with Crippen LogP contribution in [0.15, 0.2) is 0 Å². The van der Waals surface area contributed by atoms with E-state index in [4.69, 9.17) is 5.11 Å². The molecule has 0 aliphatic heterocycles. The highest BCUT2D eigenvalue weighted by Gasteiger charge is 2.23. The van der Waals surface area contributed by atoms with E-state index in [1.807, 2.05) is 13.8 Å². The van der Waals surface area contributed by atoms with Gasteiger partial charge in [-0.25, -0.2) is 0 Å². The Morgan fingerprint density at radius 2 is 2.00 bits per heavy atom. The molecule has 1 unspecified atom stereocenters. The molecule has 0 aliphatic carbocycles. The monoisotopic (exact) mass is 230 g/mol. The van der Waals surface area contributed by atoms with E-state index in [0.29, 0.717) is 13.0 Å². The lowest BCUT2D eigenvalue weighted by atomic mass is 10.1. The van der Waals surface area contributed by atoms with Crippen LogP contribution in [0.2, 0.25) is 0 Å². The summed E-state index contributed by atoms with van der Waals surface area (Å²) in [5.74, 6) is -0.993. The molecule has 16 heavy (non-hydrogen) atoms. The van der Waals surface area contributed by atoms with Crippen LogP contribution in [0.4, 0.5) is 0 Å². The molecular formula is C11H22N2O3. The van der Waals surface area contributed by atoms with Crippen LogP contribution in [0, 0.1) is 0 Å². The molecule has 0 aromatic heterocycles. The Labute approximate surface area is 96.8 Å². The fraction of sp³-hybridized carbons (Fsp3) is 0.818. The van der Waals surface area contributed by atoms with Crippen LogP contribution in [-0.4, -0.2) is 48.1 Å². The average Bonchev–Trinajstić information content (AvgIpc) is 2.17. The summed E-state index contributed by atoms with van der Waals surface area (Å²) in [6.07, 6.45) is 2.40. The van der Waals surface area contributed by atoms with Crippen LogP contribution in [0.25, 0.3) is 0 Å². The van der Waals surface area contributed by atoms with Crippen LogP contribution in [-0.2, 0) is 9.59 Å². The second-order valence-corrected chi connectivity index (χ2v) is 3.86. The van der Waals surface area contributed by atoms with Crippen molar-refractivity contribution in [2.24, 2.45) is 0 Å². The molecule has 0 aromatic carbocycles. The Morgan fingerprint density at radius 1 is 1.38 bits per heavy atom. The molecule has 5 nitrogen and oxygen atoms in total. The zero-order chi connectivity index (χ0) is 12.6. The first-order valence-electron chi connectivity index (χ1n) is 5.72. The first-order valence-corrected chi connectivity index (χ1v) is 5.72. The van der Waals surface area contributed by atoms with Crippen molar-refractivity contribution in [3.8, 4) is 0 Å². The van der Waals surface area contributed by atoms with Gasteiger partial charge in [0.1, 0.15) is 6.04 Å². The summed E-state index contributed by atoms with van der Waals surface area (Å²) in [6, 6.07) is -0.567. The van der Waals surface area contributed by atoms with E-state index in [0.717, 1.165) is 12.8 Å².